The van der Waals surface area contributed by atoms with Crippen molar-refractivity contribution in [3.05, 3.63) is 66.0 Å². The number of aromatic nitrogens is 7. The van der Waals surface area contributed by atoms with Crippen LogP contribution in [0.5, 0.6) is 0 Å². The number of nitriles is 1. The number of hydrogen-bond acceptors (Lipinski definition) is 7. The van der Waals surface area contributed by atoms with E-state index in [0.29, 0.717) is 11.4 Å². The van der Waals surface area contributed by atoms with Crippen LogP contribution in [0.15, 0.2) is 48.8 Å². The van der Waals surface area contributed by atoms with Gasteiger partial charge in [0, 0.05) is 29.1 Å². The molecule has 35 heavy (non-hydrogen) atoms. The number of anilines is 1. The molecule has 5 aromatic rings. The van der Waals surface area contributed by atoms with Crippen LogP contribution in [0.4, 0.5) is 5.95 Å². The van der Waals surface area contributed by atoms with Gasteiger partial charge in [-0.05, 0) is 70.5 Å². The van der Waals surface area contributed by atoms with Crippen molar-refractivity contribution in [3.8, 4) is 34.3 Å². The third-order valence-electron chi connectivity index (χ3n) is 5.80. The van der Waals surface area contributed by atoms with Gasteiger partial charge in [-0.25, -0.2) is 24.6 Å². The molecule has 3 heterocycles. The summed E-state index contributed by atoms with van der Waals surface area (Å²) >= 11 is 0. The third kappa shape index (κ3) is 3.89. The van der Waals surface area contributed by atoms with E-state index in [2.05, 4.69) is 57.5 Å². The number of fused-ring (bicyclic) bond motifs is 1. The molecule has 0 aliphatic carbocycles. The molecule has 3 aromatic heterocycles. The van der Waals surface area contributed by atoms with Crippen LogP contribution in [0.2, 0.25) is 0 Å². The lowest BCUT2D eigenvalue weighted by atomic mass is 10.0. The normalized spacial score (nSPS) is 11.7. The van der Waals surface area contributed by atoms with Gasteiger partial charge in [0.15, 0.2) is 0 Å². The van der Waals surface area contributed by atoms with E-state index in [1.165, 1.54) is 0 Å². The SMILES string of the molecule is Cc1nc(C)n(-c2ccc(C#N)cc2-c2nc3cc(-c4cnc(N)nc4)ccc3n2C(C)(C)C)n1. The van der Waals surface area contributed by atoms with Crippen LogP contribution in [0.1, 0.15) is 38.0 Å². The van der Waals surface area contributed by atoms with E-state index in [1.54, 1.807) is 23.1 Å². The lowest BCUT2D eigenvalue weighted by molar-refractivity contribution is 0.413. The standard InChI is InChI=1S/C26H25N9/c1-15-31-16(2)35(33-15)22-8-6-17(12-27)10-20(22)24-32-21-11-18(19-13-29-25(28)30-14-19)7-9-23(21)34(24)26(3,4)5/h6-11,13-14H,1-5H3,(H2,28,29,30). The van der Waals surface area contributed by atoms with Gasteiger partial charge in [0.2, 0.25) is 5.95 Å². The zero-order valence-electron chi connectivity index (χ0n) is 20.3. The highest BCUT2D eigenvalue weighted by molar-refractivity contribution is 5.87. The van der Waals surface area contributed by atoms with E-state index in [1.807, 2.05) is 38.1 Å². The average molecular weight is 464 g/mol. The summed E-state index contributed by atoms with van der Waals surface area (Å²) < 4.78 is 4.00. The molecule has 0 bridgehead atoms. The number of nitrogens with two attached hydrogens (primary N) is 1. The molecule has 2 N–H and O–H groups in total. The van der Waals surface area contributed by atoms with E-state index >= 15 is 0 Å². The van der Waals surface area contributed by atoms with Gasteiger partial charge in [-0.2, -0.15) is 10.4 Å². The lowest BCUT2D eigenvalue weighted by Crippen LogP contribution is -2.23. The van der Waals surface area contributed by atoms with Crippen molar-refractivity contribution in [2.24, 2.45) is 0 Å². The molecule has 0 aliphatic rings. The number of imidazole rings is 1. The molecule has 0 unspecified atom stereocenters. The zero-order chi connectivity index (χ0) is 24.9. The Kier molecular flexibility index (Phi) is 5.09. The summed E-state index contributed by atoms with van der Waals surface area (Å²) in [5.41, 5.74) is 11.1. The summed E-state index contributed by atoms with van der Waals surface area (Å²) in [7, 11) is 0. The van der Waals surface area contributed by atoms with Crippen LogP contribution in [0, 0.1) is 25.2 Å². The van der Waals surface area contributed by atoms with Crippen LogP contribution in [-0.4, -0.2) is 34.3 Å². The molecule has 9 heteroatoms. The number of hydrogen-bond donors (Lipinski definition) is 1. The fourth-order valence-corrected chi connectivity index (χ4v) is 4.33. The monoisotopic (exact) mass is 463 g/mol. The molecule has 0 fully saturated rings. The largest absolute Gasteiger partial charge is 0.368 e. The smallest absolute Gasteiger partial charge is 0.219 e. The minimum Gasteiger partial charge on any atom is -0.368 e. The van der Waals surface area contributed by atoms with E-state index < -0.39 is 0 Å². The molecule has 5 rings (SSSR count). The maximum atomic E-state index is 9.65. The van der Waals surface area contributed by atoms with Gasteiger partial charge in [-0.15, -0.1) is 0 Å². The maximum Gasteiger partial charge on any atom is 0.219 e. The Morgan fingerprint density at radius 2 is 1.69 bits per heavy atom. The van der Waals surface area contributed by atoms with Gasteiger partial charge in [-0.1, -0.05) is 6.07 Å². The molecular weight excluding hydrogens is 438 g/mol. The van der Waals surface area contributed by atoms with E-state index in [9.17, 15) is 5.26 Å². The molecule has 9 nitrogen and oxygen atoms in total. The highest BCUT2D eigenvalue weighted by atomic mass is 15.3. The first kappa shape index (κ1) is 22.2. The van der Waals surface area contributed by atoms with Gasteiger partial charge in [0.05, 0.1) is 28.4 Å². The molecular formula is C26H25N9. The molecule has 0 aliphatic heterocycles. The number of rotatable bonds is 3. The van der Waals surface area contributed by atoms with E-state index in [4.69, 9.17) is 10.7 Å². The first-order chi connectivity index (χ1) is 16.7. The second kappa shape index (κ2) is 8.02. The number of nitrogen functional groups attached to an aromatic ring is 1. The summed E-state index contributed by atoms with van der Waals surface area (Å²) in [6.07, 6.45) is 3.41. The minimum atomic E-state index is -0.289. The number of benzene rings is 2. The number of aryl methyl sites for hydroxylation is 2. The second-order valence-electron chi connectivity index (χ2n) is 9.44. The molecule has 0 spiro atoms. The van der Waals surface area contributed by atoms with Gasteiger partial charge in [0.1, 0.15) is 17.5 Å². The molecule has 0 atom stereocenters. The van der Waals surface area contributed by atoms with Gasteiger partial charge in [-0.3, -0.25) is 0 Å². The number of nitrogens with zero attached hydrogens (tertiary/aromatic N) is 8. The van der Waals surface area contributed by atoms with Crippen LogP contribution in [-0.2, 0) is 5.54 Å². The average Bonchev–Trinajstić information content (AvgIpc) is 3.37. The Morgan fingerprint density at radius 3 is 2.31 bits per heavy atom. The fourth-order valence-electron chi connectivity index (χ4n) is 4.33. The fraction of sp³-hybridized carbons (Fsp3) is 0.231. The molecule has 0 saturated carbocycles. The Morgan fingerprint density at radius 1 is 0.943 bits per heavy atom. The predicted molar refractivity (Wildman–Crippen MR) is 135 cm³/mol. The summed E-state index contributed by atoms with van der Waals surface area (Å²) in [6.45, 7) is 10.2. The van der Waals surface area contributed by atoms with Crippen molar-refractivity contribution in [2.45, 2.75) is 40.2 Å². The first-order valence-electron chi connectivity index (χ1n) is 11.2. The third-order valence-corrected chi connectivity index (χ3v) is 5.80. The van der Waals surface area contributed by atoms with Gasteiger partial charge in [0.25, 0.3) is 0 Å². The van der Waals surface area contributed by atoms with Crippen molar-refractivity contribution in [1.29, 1.82) is 5.26 Å². The van der Waals surface area contributed by atoms with E-state index in [0.717, 1.165) is 45.1 Å². The van der Waals surface area contributed by atoms with Gasteiger partial charge >= 0.3 is 0 Å². The minimum absolute atomic E-state index is 0.234. The summed E-state index contributed by atoms with van der Waals surface area (Å²) in [5.74, 6) is 2.42. The Hall–Kier alpha value is -4.58. The Balaban J connectivity index is 1.80. The predicted octanol–water partition coefficient (Wildman–Crippen LogP) is 4.57. The summed E-state index contributed by atoms with van der Waals surface area (Å²) in [6, 6.07) is 13.9. The summed E-state index contributed by atoms with van der Waals surface area (Å²) in [5, 5.41) is 14.2. The van der Waals surface area contributed by atoms with Gasteiger partial charge < -0.3 is 10.3 Å². The zero-order valence-corrected chi connectivity index (χ0v) is 20.3. The van der Waals surface area contributed by atoms with Crippen LogP contribution < -0.4 is 5.73 Å². The van der Waals surface area contributed by atoms with Crippen molar-refractivity contribution >= 4 is 17.0 Å². The quantitative estimate of drug-likeness (QED) is 0.416. The Bertz CT molecular complexity index is 1610. The summed E-state index contributed by atoms with van der Waals surface area (Å²) in [4.78, 5) is 17.8. The first-order valence-corrected chi connectivity index (χ1v) is 11.2. The van der Waals surface area contributed by atoms with E-state index in [-0.39, 0.29) is 11.5 Å². The van der Waals surface area contributed by atoms with Crippen LogP contribution in [0.25, 0.3) is 39.2 Å². The van der Waals surface area contributed by atoms with Crippen LogP contribution in [0.3, 0.4) is 0 Å². The van der Waals surface area contributed by atoms with Crippen molar-refractivity contribution < 1.29 is 0 Å². The van der Waals surface area contributed by atoms with Crippen molar-refractivity contribution in [3.63, 3.8) is 0 Å². The topological polar surface area (TPSA) is 124 Å². The Labute approximate surface area is 202 Å². The van der Waals surface area contributed by atoms with Crippen molar-refractivity contribution in [2.75, 3.05) is 5.73 Å². The van der Waals surface area contributed by atoms with Crippen molar-refractivity contribution in [1.82, 2.24) is 34.3 Å². The molecule has 0 saturated heterocycles. The molecule has 174 valence electrons. The highest BCUT2D eigenvalue weighted by Gasteiger charge is 2.25. The molecule has 2 aromatic carbocycles. The van der Waals surface area contributed by atoms with Crippen LogP contribution >= 0.6 is 0 Å². The lowest BCUT2D eigenvalue weighted by Gasteiger charge is -2.25. The maximum absolute atomic E-state index is 9.65. The second-order valence-corrected chi connectivity index (χ2v) is 9.44. The highest BCUT2D eigenvalue weighted by Crippen LogP contribution is 2.36. The molecule has 0 amide bonds. The molecule has 0 radical (unpaired) electrons.